The zero-order valence-corrected chi connectivity index (χ0v) is 14.5. The Balaban J connectivity index is 1.78. The molecule has 1 aliphatic rings. The fourth-order valence-electron chi connectivity index (χ4n) is 3.08. The van der Waals surface area contributed by atoms with Gasteiger partial charge in [-0.05, 0) is 12.6 Å². The van der Waals surface area contributed by atoms with E-state index >= 15 is 0 Å². The number of aryl methyl sites for hydroxylation is 1. The highest BCUT2D eigenvalue weighted by molar-refractivity contribution is 6.30. The van der Waals surface area contributed by atoms with Gasteiger partial charge in [0, 0.05) is 32.5 Å². The SMILES string of the molecule is CCN1CCO[C@@H](CNc2ncc(Cl)cc2F)[C@@H]1c1cncn1C. The summed E-state index contributed by atoms with van der Waals surface area (Å²) in [7, 11) is 1.97. The first-order valence-corrected chi connectivity index (χ1v) is 8.34. The third-order valence-electron chi connectivity index (χ3n) is 4.30. The molecule has 130 valence electrons. The quantitative estimate of drug-likeness (QED) is 0.895. The molecule has 3 rings (SSSR count). The lowest BCUT2D eigenvalue weighted by atomic mass is 10.0. The molecule has 0 aliphatic carbocycles. The van der Waals surface area contributed by atoms with Crippen LogP contribution >= 0.6 is 11.6 Å². The van der Waals surface area contributed by atoms with E-state index in [4.69, 9.17) is 16.3 Å². The molecular formula is C16H21ClFN5O. The predicted octanol–water partition coefficient (Wildman–Crippen LogP) is 2.48. The van der Waals surface area contributed by atoms with Gasteiger partial charge in [-0.15, -0.1) is 0 Å². The van der Waals surface area contributed by atoms with Gasteiger partial charge in [0.25, 0.3) is 0 Å². The van der Waals surface area contributed by atoms with Gasteiger partial charge in [0.1, 0.15) is 0 Å². The van der Waals surface area contributed by atoms with E-state index in [0.717, 1.165) is 18.8 Å². The van der Waals surface area contributed by atoms with Gasteiger partial charge >= 0.3 is 0 Å². The fourth-order valence-corrected chi connectivity index (χ4v) is 3.23. The zero-order valence-electron chi connectivity index (χ0n) is 13.7. The third kappa shape index (κ3) is 3.53. The number of halogens is 2. The minimum absolute atomic E-state index is 0.0547. The average molecular weight is 354 g/mol. The predicted molar refractivity (Wildman–Crippen MR) is 90.6 cm³/mol. The molecule has 6 nitrogen and oxygen atoms in total. The van der Waals surface area contributed by atoms with E-state index in [1.807, 2.05) is 17.8 Å². The number of pyridine rings is 1. The summed E-state index contributed by atoms with van der Waals surface area (Å²) in [5.41, 5.74) is 1.08. The van der Waals surface area contributed by atoms with Gasteiger partial charge in [0.15, 0.2) is 11.6 Å². The summed E-state index contributed by atoms with van der Waals surface area (Å²) in [6, 6.07) is 1.30. The van der Waals surface area contributed by atoms with Crippen LogP contribution in [0.15, 0.2) is 24.8 Å². The number of morpholine rings is 1. The van der Waals surface area contributed by atoms with Crippen LogP contribution in [0.1, 0.15) is 18.7 Å². The van der Waals surface area contributed by atoms with Gasteiger partial charge in [-0.25, -0.2) is 14.4 Å². The molecule has 3 heterocycles. The largest absolute Gasteiger partial charge is 0.373 e. The molecule has 2 aromatic heterocycles. The fraction of sp³-hybridized carbons (Fsp3) is 0.500. The Hall–Kier alpha value is -1.70. The van der Waals surface area contributed by atoms with E-state index in [1.165, 1.54) is 12.3 Å². The Labute approximate surface area is 145 Å². The van der Waals surface area contributed by atoms with E-state index in [1.54, 1.807) is 6.33 Å². The van der Waals surface area contributed by atoms with Crippen molar-refractivity contribution in [1.29, 1.82) is 0 Å². The van der Waals surface area contributed by atoms with Crippen molar-refractivity contribution < 1.29 is 9.13 Å². The Morgan fingerprint density at radius 2 is 2.29 bits per heavy atom. The first-order chi connectivity index (χ1) is 11.6. The lowest BCUT2D eigenvalue weighted by molar-refractivity contribution is -0.0661. The first-order valence-electron chi connectivity index (χ1n) is 7.97. The highest BCUT2D eigenvalue weighted by atomic mass is 35.5. The van der Waals surface area contributed by atoms with Crippen LogP contribution in [0, 0.1) is 5.82 Å². The number of likely N-dealkylation sites (N-methyl/N-ethyl adjacent to an activating group) is 1. The van der Waals surface area contributed by atoms with Crippen LogP contribution in [0.25, 0.3) is 0 Å². The van der Waals surface area contributed by atoms with Gasteiger partial charge < -0.3 is 14.6 Å². The molecule has 1 saturated heterocycles. The Morgan fingerprint density at radius 1 is 1.46 bits per heavy atom. The smallest absolute Gasteiger partial charge is 0.166 e. The molecule has 0 spiro atoms. The number of nitrogens with zero attached hydrogens (tertiary/aromatic N) is 4. The van der Waals surface area contributed by atoms with E-state index in [9.17, 15) is 4.39 Å². The molecule has 1 aliphatic heterocycles. The highest BCUT2D eigenvalue weighted by Gasteiger charge is 2.34. The second-order valence-corrected chi connectivity index (χ2v) is 6.21. The number of nitrogens with one attached hydrogen (secondary N) is 1. The number of anilines is 1. The topological polar surface area (TPSA) is 55.2 Å². The van der Waals surface area contributed by atoms with Crippen molar-refractivity contribution in [3.63, 3.8) is 0 Å². The van der Waals surface area contributed by atoms with E-state index < -0.39 is 5.82 Å². The number of hydrogen-bond acceptors (Lipinski definition) is 5. The number of aromatic nitrogens is 3. The minimum Gasteiger partial charge on any atom is -0.373 e. The molecule has 0 saturated carbocycles. The first kappa shape index (κ1) is 17.1. The lowest BCUT2D eigenvalue weighted by Gasteiger charge is -2.40. The van der Waals surface area contributed by atoms with E-state index in [0.29, 0.717) is 13.2 Å². The zero-order chi connectivity index (χ0) is 17.1. The summed E-state index contributed by atoms with van der Waals surface area (Å²) in [6.45, 7) is 4.97. The molecule has 2 aromatic rings. The Morgan fingerprint density at radius 3 is 2.96 bits per heavy atom. The lowest BCUT2D eigenvalue weighted by Crippen LogP contribution is -2.48. The normalized spacial score (nSPS) is 21.8. The van der Waals surface area contributed by atoms with Crippen LogP contribution in [0.2, 0.25) is 5.02 Å². The Bertz CT molecular complexity index is 695. The molecule has 0 unspecified atom stereocenters. The van der Waals surface area contributed by atoms with Gasteiger partial charge in [-0.2, -0.15) is 0 Å². The molecule has 0 bridgehead atoms. The van der Waals surface area contributed by atoms with Crippen LogP contribution in [-0.4, -0.2) is 51.8 Å². The maximum Gasteiger partial charge on any atom is 0.166 e. The monoisotopic (exact) mass is 353 g/mol. The summed E-state index contributed by atoms with van der Waals surface area (Å²) >= 11 is 5.74. The maximum atomic E-state index is 13.9. The second-order valence-electron chi connectivity index (χ2n) is 5.78. The maximum absolute atomic E-state index is 13.9. The summed E-state index contributed by atoms with van der Waals surface area (Å²) in [5.74, 6) is -0.289. The van der Waals surface area contributed by atoms with Gasteiger partial charge in [-0.1, -0.05) is 18.5 Å². The van der Waals surface area contributed by atoms with Crippen LogP contribution in [0.4, 0.5) is 10.2 Å². The van der Waals surface area contributed by atoms with Crippen molar-refractivity contribution in [1.82, 2.24) is 19.4 Å². The Kier molecular flexibility index (Phi) is 5.33. The summed E-state index contributed by atoms with van der Waals surface area (Å²) < 4.78 is 21.9. The number of rotatable bonds is 5. The van der Waals surface area contributed by atoms with Crippen LogP contribution in [-0.2, 0) is 11.8 Å². The molecule has 0 radical (unpaired) electrons. The summed E-state index contributed by atoms with van der Waals surface area (Å²) in [4.78, 5) is 10.6. The molecule has 2 atom stereocenters. The van der Waals surface area contributed by atoms with Gasteiger partial charge in [0.05, 0.1) is 35.8 Å². The van der Waals surface area contributed by atoms with Crippen LogP contribution in [0.5, 0.6) is 0 Å². The van der Waals surface area contributed by atoms with Gasteiger partial charge in [0.2, 0.25) is 0 Å². The molecule has 8 heteroatoms. The minimum atomic E-state index is -0.470. The molecular weight excluding hydrogens is 333 g/mol. The highest BCUT2D eigenvalue weighted by Crippen LogP contribution is 2.29. The average Bonchev–Trinajstić information content (AvgIpc) is 2.99. The summed E-state index contributed by atoms with van der Waals surface area (Å²) in [6.07, 6.45) is 4.93. The van der Waals surface area contributed by atoms with Crippen molar-refractivity contribution in [3.8, 4) is 0 Å². The molecule has 1 N–H and O–H groups in total. The number of ether oxygens (including phenoxy) is 1. The van der Waals surface area contributed by atoms with Crippen LogP contribution in [0.3, 0.4) is 0 Å². The van der Waals surface area contributed by atoms with Crippen molar-refractivity contribution >= 4 is 17.4 Å². The van der Waals surface area contributed by atoms with Crippen molar-refractivity contribution in [2.45, 2.75) is 19.1 Å². The van der Waals surface area contributed by atoms with Crippen molar-refractivity contribution in [2.75, 3.05) is 31.6 Å². The molecule has 0 amide bonds. The molecule has 24 heavy (non-hydrogen) atoms. The van der Waals surface area contributed by atoms with Crippen molar-refractivity contribution in [2.24, 2.45) is 7.05 Å². The number of hydrogen-bond donors (Lipinski definition) is 1. The van der Waals surface area contributed by atoms with Crippen molar-refractivity contribution in [3.05, 3.63) is 41.3 Å². The standard InChI is InChI=1S/C16H21ClFN5O/c1-3-23-4-5-24-14(15(23)13-8-19-10-22(13)2)9-21-16-12(18)6-11(17)7-20-16/h6-8,10,14-15H,3-5,9H2,1-2H3,(H,20,21)/t14-,15-/m0/s1. The van der Waals surface area contributed by atoms with Crippen LogP contribution < -0.4 is 5.32 Å². The third-order valence-corrected chi connectivity index (χ3v) is 4.50. The molecule has 0 aromatic carbocycles. The summed E-state index contributed by atoms with van der Waals surface area (Å²) in [5, 5.41) is 3.31. The van der Waals surface area contributed by atoms with E-state index in [-0.39, 0.29) is 23.0 Å². The number of imidazole rings is 1. The molecule has 1 fully saturated rings. The van der Waals surface area contributed by atoms with Gasteiger partial charge in [-0.3, -0.25) is 4.90 Å². The second kappa shape index (κ2) is 7.46. The van der Waals surface area contributed by atoms with E-state index in [2.05, 4.69) is 27.1 Å².